The second-order valence-corrected chi connectivity index (χ2v) is 7.14. The molecular formula is C22H27N3O3. The van der Waals surface area contributed by atoms with Crippen LogP contribution in [0.4, 0.5) is 10.5 Å². The first kappa shape index (κ1) is 19.9. The minimum Gasteiger partial charge on any atom is -0.465 e. The van der Waals surface area contributed by atoms with Crippen LogP contribution in [0.2, 0.25) is 0 Å². The molecule has 6 nitrogen and oxygen atoms in total. The van der Waals surface area contributed by atoms with Gasteiger partial charge in [-0.2, -0.15) is 0 Å². The third-order valence-electron chi connectivity index (χ3n) is 5.14. The zero-order chi connectivity index (χ0) is 19.9. The van der Waals surface area contributed by atoms with E-state index in [1.54, 1.807) is 31.3 Å². The van der Waals surface area contributed by atoms with E-state index in [1.807, 2.05) is 6.07 Å². The summed E-state index contributed by atoms with van der Waals surface area (Å²) in [6.45, 7) is 0.879. The predicted octanol–water partition coefficient (Wildman–Crippen LogP) is 3.19. The molecule has 0 spiro atoms. The van der Waals surface area contributed by atoms with E-state index in [0.29, 0.717) is 17.2 Å². The average Bonchev–Trinajstić information content (AvgIpc) is 2.73. The Labute approximate surface area is 165 Å². The summed E-state index contributed by atoms with van der Waals surface area (Å²) in [5.74, 6) is 0.107. The fraction of sp³-hybridized carbons (Fsp3) is 0.364. The van der Waals surface area contributed by atoms with Gasteiger partial charge < -0.3 is 10.1 Å². The van der Waals surface area contributed by atoms with Crippen LogP contribution in [0.3, 0.4) is 0 Å². The molecule has 6 heteroatoms. The van der Waals surface area contributed by atoms with Gasteiger partial charge in [0, 0.05) is 12.7 Å². The third kappa shape index (κ3) is 5.10. The summed E-state index contributed by atoms with van der Waals surface area (Å²) in [6.07, 6.45) is 2.93. The lowest BCUT2D eigenvalue weighted by Crippen LogP contribution is -2.53. The standard InChI is InChI=1S/C22H27N3O3/c1-25(19-10-6-9-18(15-19)21(26)28-2)22(27)24-20-14-17(11-12-23-20)13-16-7-4-3-5-8-16/h3-10,15,17,20,23H,11-14H2,1-2H3,(H,24,27). The molecule has 0 aliphatic carbocycles. The number of piperidine rings is 1. The Morgan fingerprint density at radius 1 is 1.18 bits per heavy atom. The van der Waals surface area contributed by atoms with Gasteiger partial charge in [-0.1, -0.05) is 36.4 Å². The zero-order valence-corrected chi connectivity index (χ0v) is 16.4. The summed E-state index contributed by atoms with van der Waals surface area (Å²) in [4.78, 5) is 25.9. The lowest BCUT2D eigenvalue weighted by atomic mass is 9.89. The number of anilines is 1. The summed E-state index contributed by atoms with van der Waals surface area (Å²) >= 11 is 0. The van der Waals surface area contributed by atoms with E-state index in [4.69, 9.17) is 4.74 Å². The van der Waals surface area contributed by atoms with Gasteiger partial charge in [0.2, 0.25) is 0 Å². The first-order valence-electron chi connectivity index (χ1n) is 9.56. The van der Waals surface area contributed by atoms with Gasteiger partial charge in [0.1, 0.15) is 0 Å². The number of carbonyl (C=O) groups is 2. The van der Waals surface area contributed by atoms with E-state index < -0.39 is 5.97 Å². The van der Waals surface area contributed by atoms with Crippen LogP contribution in [0.1, 0.15) is 28.8 Å². The minimum absolute atomic E-state index is 0.0683. The van der Waals surface area contributed by atoms with Gasteiger partial charge in [-0.3, -0.25) is 10.2 Å². The molecule has 2 aromatic carbocycles. The summed E-state index contributed by atoms with van der Waals surface area (Å²) in [5.41, 5.74) is 2.38. The van der Waals surface area contributed by atoms with Gasteiger partial charge in [-0.25, -0.2) is 9.59 Å². The van der Waals surface area contributed by atoms with Crippen LogP contribution in [0.15, 0.2) is 54.6 Å². The number of methoxy groups -OCH3 is 1. The number of amides is 2. The van der Waals surface area contributed by atoms with Crippen LogP contribution in [0, 0.1) is 5.92 Å². The number of benzene rings is 2. The Morgan fingerprint density at radius 3 is 2.71 bits per heavy atom. The molecule has 1 fully saturated rings. The van der Waals surface area contributed by atoms with Crippen molar-refractivity contribution >= 4 is 17.7 Å². The number of urea groups is 1. The summed E-state index contributed by atoms with van der Waals surface area (Å²) < 4.78 is 4.75. The van der Waals surface area contributed by atoms with Gasteiger partial charge in [0.15, 0.2) is 0 Å². The third-order valence-corrected chi connectivity index (χ3v) is 5.14. The monoisotopic (exact) mass is 381 g/mol. The minimum atomic E-state index is -0.423. The largest absolute Gasteiger partial charge is 0.465 e. The van der Waals surface area contributed by atoms with Crippen LogP contribution in [0.5, 0.6) is 0 Å². The summed E-state index contributed by atoms with van der Waals surface area (Å²) in [6, 6.07) is 17.1. The molecule has 28 heavy (non-hydrogen) atoms. The summed E-state index contributed by atoms with van der Waals surface area (Å²) in [5, 5.41) is 6.43. The fourth-order valence-corrected chi connectivity index (χ4v) is 3.56. The number of hydrogen-bond acceptors (Lipinski definition) is 4. The normalized spacial score (nSPS) is 18.9. The molecule has 0 aromatic heterocycles. The van der Waals surface area contributed by atoms with Crippen molar-refractivity contribution in [2.75, 3.05) is 25.6 Å². The van der Waals surface area contributed by atoms with Gasteiger partial charge in [0.25, 0.3) is 0 Å². The average molecular weight is 381 g/mol. The molecular weight excluding hydrogens is 354 g/mol. The summed E-state index contributed by atoms with van der Waals surface area (Å²) in [7, 11) is 3.03. The highest BCUT2D eigenvalue weighted by atomic mass is 16.5. The van der Waals surface area contributed by atoms with Crippen LogP contribution in [0.25, 0.3) is 0 Å². The van der Waals surface area contributed by atoms with Crippen molar-refractivity contribution in [2.24, 2.45) is 5.92 Å². The van der Waals surface area contributed by atoms with E-state index in [0.717, 1.165) is 25.8 Å². The Bertz CT molecular complexity index is 810. The van der Waals surface area contributed by atoms with Crippen LogP contribution >= 0.6 is 0 Å². The Kier molecular flexibility index (Phi) is 6.66. The molecule has 2 amide bonds. The van der Waals surface area contributed by atoms with Crippen LogP contribution in [-0.2, 0) is 11.2 Å². The van der Waals surface area contributed by atoms with E-state index >= 15 is 0 Å². The van der Waals surface area contributed by atoms with E-state index in [2.05, 4.69) is 34.9 Å². The second-order valence-electron chi connectivity index (χ2n) is 7.14. The highest BCUT2D eigenvalue weighted by Crippen LogP contribution is 2.21. The molecule has 1 saturated heterocycles. The molecule has 3 rings (SSSR count). The molecule has 0 saturated carbocycles. The van der Waals surface area contributed by atoms with Crippen LogP contribution in [-0.4, -0.2) is 38.9 Å². The van der Waals surface area contributed by atoms with E-state index in [-0.39, 0.29) is 12.2 Å². The maximum atomic E-state index is 12.7. The lowest BCUT2D eigenvalue weighted by Gasteiger charge is -2.32. The Balaban J connectivity index is 1.58. The molecule has 0 bridgehead atoms. The molecule has 1 heterocycles. The van der Waals surface area contributed by atoms with E-state index in [1.165, 1.54) is 17.6 Å². The molecule has 1 aliphatic rings. The molecule has 1 aliphatic heterocycles. The zero-order valence-electron chi connectivity index (χ0n) is 16.4. The van der Waals surface area contributed by atoms with Crippen molar-refractivity contribution < 1.29 is 14.3 Å². The molecule has 2 aromatic rings. The van der Waals surface area contributed by atoms with Crippen molar-refractivity contribution in [1.29, 1.82) is 0 Å². The first-order chi connectivity index (χ1) is 13.6. The highest BCUT2D eigenvalue weighted by Gasteiger charge is 2.24. The molecule has 0 radical (unpaired) electrons. The van der Waals surface area contributed by atoms with E-state index in [9.17, 15) is 9.59 Å². The number of nitrogens with one attached hydrogen (secondary N) is 2. The van der Waals surface area contributed by atoms with Crippen molar-refractivity contribution in [3.8, 4) is 0 Å². The van der Waals surface area contributed by atoms with Gasteiger partial charge in [-0.15, -0.1) is 0 Å². The number of carbonyl (C=O) groups excluding carboxylic acids is 2. The number of esters is 1. The molecule has 2 unspecified atom stereocenters. The van der Waals surface area contributed by atoms with Crippen LogP contribution < -0.4 is 15.5 Å². The van der Waals surface area contributed by atoms with Gasteiger partial charge in [-0.05, 0) is 55.5 Å². The Hall–Kier alpha value is -2.86. The smallest absolute Gasteiger partial charge is 0.337 e. The number of nitrogens with zero attached hydrogens (tertiary/aromatic N) is 1. The second kappa shape index (κ2) is 9.37. The molecule has 148 valence electrons. The Morgan fingerprint density at radius 2 is 1.96 bits per heavy atom. The van der Waals surface area contributed by atoms with Crippen molar-refractivity contribution in [2.45, 2.75) is 25.4 Å². The quantitative estimate of drug-likeness (QED) is 0.781. The lowest BCUT2D eigenvalue weighted by molar-refractivity contribution is 0.0600. The van der Waals surface area contributed by atoms with Gasteiger partial charge >= 0.3 is 12.0 Å². The number of ether oxygens (including phenoxy) is 1. The maximum absolute atomic E-state index is 12.7. The van der Waals surface area contributed by atoms with Crippen molar-refractivity contribution in [1.82, 2.24) is 10.6 Å². The van der Waals surface area contributed by atoms with Crippen molar-refractivity contribution in [3.05, 3.63) is 65.7 Å². The highest BCUT2D eigenvalue weighted by molar-refractivity contribution is 5.95. The van der Waals surface area contributed by atoms with Crippen molar-refractivity contribution in [3.63, 3.8) is 0 Å². The first-order valence-corrected chi connectivity index (χ1v) is 9.56. The molecule has 2 atom stereocenters. The fourth-order valence-electron chi connectivity index (χ4n) is 3.56. The maximum Gasteiger partial charge on any atom is 0.337 e. The molecule has 2 N–H and O–H groups in total. The topological polar surface area (TPSA) is 70.7 Å². The number of rotatable bonds is 5. The number of hydrogen-bond donors (Lipinski definition) is 2. The van der Waals surface area contributed by atoms with Gasteiger partial charge in [0.05, 0.1) is 18.8 Å². The predicted molar refractivity (Wildman–Crippen MR) is 109 cm³/mol. The SMILES string of the molecule is COC(=O)c1cccc(N(C)C(=O)NC2CC(Cc3ccccc3)CCN2)c1.